The van der Waals surface area contributed by atoms with E-state index < -0.39 is 0 Å². The Morgan fingerprint density at radius 2 is 1.88 bits per heavy atom. The number of benzene rings is 2. The van der Waals surface area contributed by atoms with Gasteiger partial charge >= 0.3 is 0 Å². The molecule has 1 aromatic heterocycles. The maximum Gasteiger partial charge on any atom is 0.228 e. The Morgan fingerprint density at radius 3 is 2.75 bits per heavy atom. The van der Waals surface area contributed by atoms with E-state index in [4.69, 9.17) is 0 Å². The Bertz CT molecular complexity index is 940. The van der Waals surface area contributed by atoms with Gasteiger partial charge in [-0.15, -0.1) is 0 Å². The number of carbonyl (C=O) groups is 1. The lowest BCUT2D eigenvalue weighted by Gasteiger charge is -2.11. The molecular formula is C18H14N4O2. The smallest absolute Gasteiger partial charge is 0.228 e. The van der Waals surface area contributed by atoms with Crippen LogP contribution >= 0.6 is 0 Å². The summed E-state index contributed by atoms with van der Waals surface area (Å²) in [5, 5.41) is 15.8. The number of nitrogens with zero attached hydrogens (tertiary/aromatic N) is 2. The summed E-state index contributed by atoms with van der Waals surface area (Å²) in [6.45, 7) is 0. The Kier molecular flexibility index (Phi) is 3.35. The number of rotatable bonds is 2. The number of aromatic nitrogens is 2. The number of amides is 1. The summed E-state index contributed by atoms with van der Waals surface area (Å²) in [7, 11) is 0. The number of aromatic hydroxyl groups is 1. The van der Waals surface area contributed by atoms with Crippen molar-refractivity contribution >= 4 is 23.2 Å². The summed E-state index contributed by atoms with van der Waals surface area (Å²) in [4.78, 5) is 20.8. The molecule has 6 heteroatoms. The fourth-order valence-electron chi connectivity index (χ4n) is 2.70. The molecule has 0 saturated carbocycles. The molecule has 1 amide bonds. The lowest BCUT2D eigenvalue weighted by molar-refractivity contribution is -0.115. The molecule has 0 fully saturated rings. The Morgan fingerprint density at radius 1 is 1.08 bits per heavy atom. The molecule has 0 unspecified atom stereocenters. The fourth-order valence-corrected chi connectivity index (χ4v) is 2.70. The van der Waals surface area contributed by atoms with Crippen molar-refractivity contribution in [2.24, 2.45) is 0 Å². The van der Waals surface area contributed by atoms with Crippen LogP contribution in [0.15, 0.2) is 54.7 Å². The Labute approximate surface area is 138 Å². The van der Waals surface area contributed by atoms with Gasteiger partial charge in [0.25, 0.3) is 0 Å². The molecule has 0 bridgehead atoms. The quantitative estimate of drug-likeness (QED) is 0.632. The molecule has 1 aliphatic heterocycles. The van der Waals surface area contributed by atoms with Crippen LogP contribution in [0.1, 0.15) is 5.56 Å². The van der Waals surface area contributed by atoms with E-state index in [9.17, 15) is 9.90 Å². The van der Waals surface area contributed by atoms with Gasteiger partial charge in [-0.2, -0.15) is 0 Å². The van der Waals surface area contributed by atoms with Gasteiger partial charge in [0.2, 0.25) is 11.9 Å². The molecule has 1 aliphatic rings. The number of hydrogen-bond acceptors (Lipinski definition) is 5. The number of nitrogens with one attached hydrogen (secondary N) is 2. The molecule has 118 valence electrons. The molecule has 24 heavy (non-hydrogen) atoms. The highest BCUT2D eigenvalue weighted by atomic mass is 16.3. The minimum Gasteiger partial charge on any atom is -0.506 e. The zero-order valence-corrected chi connectivity index (χ0v) is 12.7. The fraction of sp³-hybridized carbons (Fsp3) is 0.0556. The number of phenolic OH excluding ortho intramolecular Hbond substituents is 1. The lowest BCUT2D eigenvalue weighted by Crippen LogP contribution is -2.12. The van der Waals surface area contributed by atoms with Gasteiger partial charge in [-0.1, -0.05) is 30.3 Å². The zero-order valence-electron chi connectivity index (χ0n) is 12.7. The molecule has 0 spiro atoms. The monoisotopic (exact) mass is 318 g/mol. The summed E-state index contributed by atoms with van der Waals surface area (Å²) >= 11 is 0. The third-order valence-electron chi connectivity index (χ3n) is 3.82. The molecule has 0 atom stereocenters. The van der Waals surface area contributed by atoms with E-state index in [-0.39, 0.29) is 18.1 Å². The first-order chi connectivity index (χ1) is 11.7. The first kappa shape index (κ1) is 14.2. The van der Waals surface area contributed by atoms with Gasteiger partial charge in [-0.05, 0) is 18.2 Å². The van der Waals surface area contributed by atoms with Crippen molar-refractivity contribution in [2.75, 3.05) is 10.6 Å². The van der Waals surface area contributed by atoms with Crippen LogP contribution in [0.3, 0.4) is 0 Å². The topological polar surface area (TPSA) is 87.1 Å². The summed E-state index contributed by atoms with van der Waals surface area (Å²) in [6, 6.07) is 14.4. The molecule has 0 aliphatic carbocycles. The zero-order chi connectivity index (χ0) is 16.5. The highest BCUT2D eigenvalue weighted by molar-refractivity contribution is 5.99. The van der Waals surface area contributed by atoms with Crippen molar-refractivity contribution in [1.82, 2.24) is 9.97 Å². The van der Waals surface area contributed by atoms with Gasteiger partial charge in [0.15, 0.2) is 0 Å². The van der Waals surface area contributed by atoms with Gasteiger partial charge in [-0.25, -0.2) is 9.97 Å². The van der Waals surface area contributed by atoms with Gasteiger partial charge in [0.05, 0.1) is 23.5 Å². The van der Waals surface area contributed by atoms with Crippen LogP contribution in [0.4, 0.5) is 17.3 Å². The normalized spacial score (nSPS) is 12.6. The van der Waals surface area contributed by atoms with Crippen LogP contribution in [0.25, 0.3) is 11.3 Å². The number of anilines is 3. The van der Waals surface area contributed by atoms with Crippen molar-refractivity contribution < 1.29 is 9.90 Å². The summed E-state index contributed by atoms with van der Waals surface area (Å²) in [5.74, 6) is 0.388. The maximum absolute atomic E-state index is 12.0. The second kappa shape index (κ2) is 5.66. The highest BCUT2D eigenvalue weighted by Gasteiger charge is 2.20. The number of hydrogen-bond donors (Lipinski definition) is 3. The standard InChI is InChI=1S/C18H14N4O2/c23-15-8-4-3-7-14(15)21-18-19-10-11-9-16(24)20-13-6-2-1-5-12(13)17(11)22-18/h1-8,10,23H,9H2,(H,20,24)(H,19,21,22). The van der Waals surface area contributed by atoms with Crippen LogP contribution in [-0.2, 0) is 11.2 Å². The van der Waals surface area contributed by atoms with Crippen LogP contribution in [0, 0.1) is 0 Å². The minimum atomic E-state index is -0.0915. The van der Waals surface area contributed by atoms with E-state index in [1.807, 2.05) is 30.3 Å². The second-order valence-corrected chi connectivity index (χ2v) is 5.48. The van der Waals surface area contributed by atoms with Crippen molar-refractivity contribution in [3.8, 4) is 17.0 Å². The predicted octanol–water partition coefficient (Wildman–Crippen LogP) is 3.09. The van der Waals surface area contributed by atoms with E-state index in [2.05, 4.69) is 20.6 Å². The van der Waals surface area contributed by atoms with E-state index >= 15 is 0 Å². The number of fused-ring (bicyclic) bond motifs is 3. The second-order valence-electron chi connectivity index (χ2n) is 5.48. The molecule has 6 nitrogen and oxygen atoms in total. The third kappa shape index (κ3) is 2.54. The van der Waals surface area contributed by atoms with E-state index in [1.54, 1.807) is 24.4 Å². The predicted molar refractivity (Wildman–Crippen MR) is 91.2 cm³/mol. The van der Waals surface area contributed by atoms with Crippen molar-refractivity contribution in [1.29, 1.82) is 0 Å². The summed E-state index contributed by atoms with van der Waals surface area (Å²) in [6.07, 6.45) is 1.87. The number of phenols is 1. The lowest BCUT2D eigenvalue weighted by atomic mass is 10.1. The third-order valence-corrected chi connectivity index (χ3v) is 3.82. The molecule has 4 rings (SSSR count). The molecule has 3 N–H and O–H groups in total. The highest BCUT2D eigenvalue weighted by Crippen LogP contribution is 2.33. The molecule has 2 aromatic carbocycles. The minimum absolute atomic E-state index is 0.0915. The summed E-state index contributed by atoms with van der Waals surface area (Å²) in [5.41, 5.74) is 3.57. The largest absolute Gasteiger partial charge is 0.506 e. The first-order valence-electron chi connectivity index (χ1n) is 7.51. The average Bonchev–Trinajstić information content (AvgIpc) is 2.72. The van der Waals surface area contributed by atoms with Crippen molar-refractivity contribution in [3.05, 3.63) is 60.3 Å². The molecule has 0 saturated heterocycles. The number of para-hydroxylation sites is 3. The first-order valence-corrected chi connectivity index (χ1v) is 7.51. The molecular weight excluding hydrogens is 304 g/mol. The molecule has 3 aromatic rings. The Hall–Kier alpha value is -3.41. The van der Waals surface area contributed by atoms with Crippen LogP contribution in [-0.4, -0.2) is 21.0 Å². The average molecular weight is 318 g/mol. The van der Waals surface area contributed by atoms with E-state index in [1.165, 1.54) is 0 Å². The van der Waals surface area contributed by atoms with Gasteiger partial charge in [0, 0.05) is 17.3 Å². The summed E-state index contributed by atoms with van der Waals surface area (Å²) < 4.78 is 0. The van der Waals surface area contributed by atoms with Gasteiger partial charge in [0.1, 0.15) is 5.75 Å². The number of carbonyl (C=O) groups excluding carboxylic acids is 1. The van der Waals surface area contributed by atoms with Gasteiger partial charge in [-0.3, -0.25) is 4.79 Å². The molecule has 0 radical (unpaired) electrons. The van der Waals surface area contributed by atoms with Gasteiger partial charge < -0.3 is 15.7 Å². The van der Waals surface area contributed by atoms with E-state index in [0.29, 0.717) is 17.3 Å². The van der Waals surface area contributed by atoms with Crippen LogP contribution in [0.2, 0.25) is 0 Å². The van der Waals surface area contributed by atoms with Crippen molar-refractivity contribution in [2.45, 2.75) is 6.42 Å². The van der Waals surface area contributed by atoms with E-state index in [0.717, 1.165) is 16.8 Å². The maximum atomic E-state index is 12.0. The van der Waals surface area contributed by atoms with Crippen molar-refractivity contribution in [3.63, 3.8) is 0 Å². The molecule has 2 heterocycles. The van der Waals surface area contributed by atoms with Crippen LogP contribution < -0.4 is 10.6 Å². The Balaban J connectivity index is 1.79. The SMILES string of the molecule is O=C1Cc2cnc(Nc3ccccc3O)nc2-c2ccccc2N1. The van der Waals surface area contributed by atoms with Crippen LogP contribution in [0.5, 0.6) is 5.75 Å².